The number of thiophene rings is 1. The number of rotatable bonds is 6. The number of nitriles is 1. The Bertz CT molecular complexity index is 1200. The molecule has 0 fully saturated rings. The first kappa shape index (κ1) is 22.6. The van der Waals surface area contributed by atoms with Gasteiger partial charge in [0.2, 0.25) is 0 Å². The molecule has 1 aliphatic heterocycles. The van der Waals surface area contributed by atoms with Crippen molar-refractivity contribution in [2.45, 2.75) is 25.3 Å². The summed E-state index contributed by atoms with van der Waals surface area (Å²) in [6.07, 6.45) is 0. The van der Waals surface area contributed by atoms with Gasteiger partial charge in [-0.1, -0.05) is 35.9 Å². The molecule has 2 N–H and O–H groups in total. The van der Waals surface area contributed by atoms with Crippen LogP contribution >= 0.6 is 11.3 Å². The SMILES string of the molecule is CCOC(=O)[C@]1(C#N)[C@H](c2ccc(C)cc2)C(c2cccs2)=NN1c1ccc([NH+]([O-])O)cc1. The van der Waals surface area contributed by atoms with Gasteiger partial charge in [-0.15, -0.1) is 11.3 Å². The second-order valence-corrected chi connectivity index (χ2v) is 8.52. The molecule has 33 heavy (non-hydrogen) atoms. The second kappa shape index (κ2) is 9.13. The lowest BCUT2D eigenvalue weighted by atomic mass is 9.77. The first-order valence-corrected chi connectivity index (χ1v) is 11.2. The number of hydrogen-bond acceptors (Lipinski definition) is 8. The third kappa shape index (κ3) is 3.90. The Labute approximate surface area is 195 Å². The van der Waals surface area contributed by atoms with E-state index in [0.29, 0.717) is 11.4 Å². The molecule has 0 radical (unpaired) electrons. The van der Waals surface area contributed by atoms with Gasteiger partial charge in [0, 0.05) is 12.1 Å². The molecule has 0 saturated carbocycles. The minimum absolute atomic E-state index is 0.0918. The van der Waals surface area contributed by atoms with Gasteiger partial charge in [-0.3, -0.25) is 0 Å². The Morgan fingerprint density at radius 3 is 2.52 bits per heavy atom. The van der Waals surface area contributed by atoms with Crippen molar-refractivity contribution in [1.82, 2.24) is 0 Å². The first-order valence-electron chi connectivity index (χ1n) is 10.3. The van der Waals surface area contributed by atoms with Crippen LogP contribution in [0.4, 0.5) is 11.4 Å². The van der Waals surface area contributed by atoms with Gasteiger partial charge in [-0.2, -0.15) is 15.6 Å². The molecule has 0 amide bonds. The number of nitrogens with zero attached hydrogens (tertiary/aromatic N) is 3. The van der Waals surface area contributed by atoms with Crippen LogP contribution in [0.5, 0.6) is 0 Å². The van der Waals surface area contributed by atoms with Crippen molar-refractivity contribution in [3.05, 3.63) is 87.3 Å². The fourth-order valence-corrected chi connectivity index (χ4v) is 4.69. The average Bonchev–Trinajstić information content (AvgIpc) is 3.46. The largest absolute Gasteiger partial charge is 0.595 e. The van der Waals surface area contributed by atoms with Gasteiger partial charge in [-0.05, 0) is 43.0 Å². The first-order chi connectivity index (χ1) is 15.9. The molecule has 2 aromatic carbocycles. The van der Waals surface area contributed by atoms with Crippen molar-refractivity contribution in [2.75, 3.05) is 11.6 Å². The summed E-state index contributed by atoms with van der Waals surface area (Å²) in [6.45, 7) is 3.75. The van der Waals surface area contributed by atoms with Crippen LogP contribution in [0.25, 0.3) is 0 Å². The standard InChI is InChI=1S/C24H22N4O4S/c1-3-32-23(29)24(15-25)21(17-8-6-16(2)7-9-17)22(20-5-4-14-33-20)26-27(24)18-10-12-19(13-11-18)28(30)31/h4-14,21,28,30H,3H2,1-2H3/t21-,24+/m1/s1. The van der Waals surface area contributed by atoms with Crippen LogP contribution in [0, 0.1) is 23.5 Å². The van der Waals surface area contributed by atoms with Gasteiger partial charge in [0.1, 0.15) is 6.07 Å². The number of esters is 1. The maximum absolute atomic E-state index is 13.5. The highest BCUT2D eigenvalue weighted by molar-refractivity contribution is 7.12. The van der Waals surface area contributed by atoms with E-state index in [-0.39, 0.29) is 12.3 Å². The van der Waals surface area contributed by atoms with E-state index < -0.39 is 22.7 Å². The summed E-state index contributed by atoms with van der Waals surface area (Å²) in [4.78, 5) is 14.3. The molecule has 0 aliphatic carbocycles. The maximum atomic E-state index is 13.5. The number of quaternary nitrogens is 1. The molecule has 1 aromatic heterocycles. The van der Waals surface area contributed by atoms with Crippen molar-refractivity contribution in [1.29, 1.82) is 5.26 Å². The van der Waals surface area contributed by atoms with Crippen molar-refractivity contribution in [3.63, 3.8) is 0 Å². The third-order valence-corrected chi connectivity index (χ3v) is 6.43. The number of hydrogen-bond donors (Lipinski definition) is 2. The molecular formula is C24H22N4O4S. The quantitative estimate of drug-likeness (QED) is 0.429. The van der Waals surface area contributed by atoms with Crippen LogP contribution in [0.2, 0.25) is 0 Å². The van der Waals surface area contributed by atoms with Crippen LogP contribution in [0.15, 0.2) is 71.1 Å². The van der Waals surface area contributed by atoms with Crippen molar-refractivity contribution < 1.29 is 20.0 Å². The van der Waals surface area contributed by atoms with E-state index in [1.165, 1.54) is 28.5 Å². The number of carbonyl (C=O) groups excluding carboxylic acids is 1. The summed E-state index contributed by atoms with van der Waals surface area (Å²) in [7, 11) is 0. The molecule has 4 rings (SSSR count). The molecule has 9 heteroatoms. The van der Waals surface area contributed by atoms with Crippen LogP contribution in [0.1, 0.15) is 28.8 Å². The van der Waals surface area contributed by atoms with Crippen LogP contribution in [0.3, 0.4) is 0 Å². The number of aryl methyl sites for hydroxylation is 1. The third-order valence-electron chi connectivity index (χ3n) is 5.53. The Kier molecular flexibility index (Phi) is 6.26. The summed E-state index contributed by atoms with van der Waals surface area (Å²) in [5.74, 6) is -1.43. The molecule has 3 atom stereocenters. The van der Waals surface area contributed by atoms with Gasteiger partial charge in [0.05, 0.1) is 28.8 Å². The summed E-state index contributed by atoms with van der Waals surface area (Å²) in [5, 5.41) is 38.1. The highest BCUT2D eigenvalue weighted by atomic mass is 32.1. The molecule has 0 spiro atoms. The molecule has 1 unspecified atom stereocenters. The zero-order chi connectivity index (χ0) is 23.6. The molecule has 0 saturated heterocycles. The van der Waals surface area contributed by atoms with E-state index >= 15 is 0 Å². The number of nitrogens with one attached hydrogen (secondary N) is 1. The number of ether oxygens (including phenoxy) is 1. The molecule has 1 aliphatic rings. The van der Waals surface area contributed by atoms with Crippen LogP contribution in [-0.4, -0.2) is 29.0 Å². The van der Waals surface area contributed by atoms with Gasteiger partial charge < -0.3 is 9.94 Å². The van der Waals surface area contributed by atoms with Crippen LogP contribution < -0.4 is 10.2 Å². The minimum atomic E-state index is -1.81. The van der Waals surface area contributed by atoms with Crippen molar-refractivity contribution in [3.8, 4) is 6.07 Å². The van der Waals surface area contributed by atoms with Gasteiger partial charge in [0.15, 0.2) is 5.69 Å². The van der Waals surface area contributed by atoms with Crippen LogP contribution in [-0.2, 0) is 9.53 Å². The van der Waals surface area contributed by atoms with E-state index in [9.17, 15) is 20.5 Å². The fraction of sp³-hybridized carbons (Fsp3) is 0.208. The Morgan fingerprint density at radius 1 is 1.27 bits per heavy atom. The van der Waals surface area contributed by atoms with Gasteiger partial charge >= 0.3 is 5.97 Å². The number of carbonyl (C=O) groups is 1. The predicted molar refractivity (Wildman–Crippen MR) is 124 cm³/mol. The number of hydrazone groups is 1. The summed E-state index contributed by atoms with van der Waals surface area (Å²) in [6, 6.07) is 19.6. The molecule has 8 nitrogen and oxygen atoms in total. The average molecular weight is 463 g/mol. The van der Waals surface area contributed by atoms with E-state index in [2.05, 4.69) is 6.07 Å². The zero-order valence-electron chi connectivity index (χ0n) is 18.1. The summed E-state index contributed by atoms with van der Waals surface area (Å²) in [5.41, 5.74) is 1.08. The lowest BCUT2D eigenvalue weighted by Crippen LogP contribution is -2.99. The second-order valence-electron chi connectivity index (χ2n) is 7.57. The van der Waals surface area contributed by atoms with E-state index in [4.69, 9.17) is 9.84 Å². The minimum Gasteiger partial charge on any atom is -0.595 e. The monoisotopic (exact) mass is 462 g/mol. The highest BCUT2D eigenvalue weighted by Crippen LogP contribution is 2.46. The van der Waals surface area contributed by atoms with E-state index in [0.717, 1.165) is 16.0 Å². The lowest BCUT2D eigenvalue weighted by molar-refractivity contribution is -0.991. The fourth-order valence-electron chi connectivity index (χ4n) is 3.95. The normalized spacial score (nSPS) is 20.8. The number of benzene rings is 2. The Hall–Kier alpha value is -3.55. The Morgan fingerprint density at radius 2 is 1.97 bits per heavy atom. The zero-order valence-corrected chi connectivity index (χ0v) is 18.9. The highest BCUT2D eigenvalue weighted by Gasteiger charge is 2.60. The lowest BCUT2D eigenvalue weighted by Gasteiger charge is -2.34. The van der Waals surface area contributed by atoms with Gasteiger partial charge in [-0.25, -0.2) is 15.0 Å². The van der Waals surface area contributed by atoms with E-state index in [1.54, 1.807) is 19.1 Å². The smallest absolute Gasteiger partial charge is 0.350 e. The van der Waals surface area contributed by atoms with Crippen molar-refractivity contribution >= 4 is 34.4 Å². The molecule has 2 heterocycles. The van der Waals surface area contributed by atoms with E-state index in [1.807, 2.05) is 48.7 Å². The molecule has 3 aromatic rings. The Balaban J connectivity index is 1.96. The molecule has 0 bridgehead atoms. The molecule has 168 valence electrons. The molecular weight excluding hydrogens is 440 g/mol. The maximum Gasteiger partial charge on any atom is 0.350 e. The van der Waals surface area contributed by atoms with Crippen molar-refractivity contribution in [2.24, 2.45) is 5.10 Å². The topological polar surface area (TPSA) is 113 Å². The van der Waals surface area contributed by atoms with Gasteiger partial charge in [0.25, 0.3) is 5.54 Å². The predicted octanol–water partition coefficient (Wildman–Crippen LogP) is 3.29. The number of anilines is 1. The summed E-state index contributed by atoms with van der Waals surface area (Å²) < 4.78 is 5.41. The summed E-state index contributed by atoms with van der Waals surface area (Å²) >= 11 is 1.46.